The summed E-state index contributed by atoms with van der Waals surface area (Å²) in [4.78, 5) is 15.5. The zero-order chi connectivity index (χ0) is 38.2. The Labute approximate surface area is 335 Å². The van der Waals surface area contributed by atoms with Gasteiger partial charge in [-0.3, -0.25) is 0 Å². The van der Waals surface area contributed by atoms with Crippen LogP contribution in [0.5, 0.6) is 11.5 Å². The van der Waals surface area contributed by atoms with Gasteiger partial charge in [0.2, 0.25) is 0 Å². The van der Waals surface area contributed by atoms with Gasteiger partial charge in [0.1, 0.15) is 11.5 Å². The average Bonchev–Trinajstić information content (AvgIpc) is 3.58. The maximum Gasteiger partial charge on any atom is 0.160 e. The van der Waals surface area contributed by atoms with Crippen molar-refractivity contribution in [2.75, 3.05) is 0 Å². The molecule has 0 N–H and O–H groups in total. The van der Waals surface area contributed by atoms with Crippen LogP contribution in [0.3, 0.4) is 0 Å². The minimum absolute atomic E-state index is 0.571. The van der Waals surface area contributed by atoms with Crippen molar-refractivity contribution in [1.29, 1.82) is 0 Å². The summed E-state index contributed by atoms with van der Waals surface area (Å²) >= 11 is 0. The Morgan fingerprint density at radius 1 is 0.345 bits per heavy atom. The number of aromatic nitrogens is 3. The number of hydrogen-bond acceptors (Lipinski definition) is 4. The van der Waals surface area contributed by atoms with E-state index in [9.17, 15) is 0 Å². The zero-order valence-corrected chi connectivity index (χ0v) is 31.3. The second-order valence-corrected chi connectivity index (χ2v) is 15.1. The predicted molar refractivity (Wildman–Crippen MR) is 234 cm³/mol. The molecule has 4 nitrogen and oxygen atoms in total. The molecule has 0 radical (unpaired) electrons. The molecule has 270 valence electrons. The fourth-order valence-corrected chi connectivity index (χ4v) is 9.38. The quantitative estimate of drug-likeness (QED) is 0.169. The number of nitrogens with zero attached hydrogens (tertiary/aromatic N) is 3. The first kappa shape index (κ1) is 32.5. The van der Waals surface area contributed by atoms with Gasteiger partial charge >= 0.3 is 0 Å². The molecule has 58 heavy (non-hydrogen) atoms. The molecule has 0 saturated carbocycles. The normalized spacial score (nSPS) is 13.1. The highest BCUT2D eigenvalue weighted by atomic mass is 16.5. The largest absolute Gasteiger partial charge is 0.457 e. The van der Waals surface area contributed by atoms with Gasteiger partial charge in [0.15, 0.2) is 5.82 Å². The highest BCUT2D eigenvalue weighted by molar-refractivity contribution is 6.13. The van der Waals surface area contributed by atoms with Crippen LogP contribution in [0.1, 0.15) is 22.3 Å². The monoisotopic (exact) mass is 739 g/mol. The summed E-state index contributed by atoms with van der Waals surface area (Å²) in [6.45, 7) is 0. The zero-order valence-electron chi connectivity index (χ0n) is 31.3. The van der Waals surface area contributed by atoms with Crippen LogP contribution < -0.4 is 4.74 Å². The lowest BCUT2D eigenvalue weighted by molar-refractivity contribution is 0.436. The first-order valence-corrected chi connectivity index (χ1v) is 19.7. The van der Waals surface area contributed by atoms with E-state index in [-0.39, 0.29) is 0 Å². The van der Waals surface area contributed by atoms with Gasteiger partial charge in [-0.1, -0.05) is 164 Å². The molecule has 10 aromatic rings. The summed E-state index contributed by atoms with van der Waals surface area (Å²) in [5, 5.41) is 3.42. The van der Waals surface area contributed by atoms with E-state index < -0.39 is 5.41 Å². The predicted octanol–water partition coefficient (Wildman–Crippen LogP) is 13.3. The number of fused-ring (bicyclic) bond motifs is 12. The minimum atomic E-state index is -0.571. The lowest BCUT2D eigenvalue weighted by Crippen LogP contribution is -2.32. The lowest BCUT2D eigenvalue weighted by atomic mass is 9.66. The number of para-hydroxylation sites is 3. The van der Waals surface area contributed by atoms with Gasteiger partial charge in [-0.05, 0) is 64.0 Å². The van der Waals surface area contributed by atoms with E-state index in [1.54, 1.807) is 0 Å². The van der Waals surface area contributed by atoms with Gasteiger partial charge in [-0.2, -0.15) is 0 Å². The Balaban J connectivity index is 1.08. The molecule has 12 rings (SSSR count). The van der Waals surface area contributed by atoms with Gasteiger partial charge in [-0.25, -0.2) is 15.0 Å². The molecule has 0 fully saturated rings. The molecule has 1 spiro atoms. The Hall–Kier alpha value is -7.69. The third-order valence-corrected chi connectivity index (χ3v) is 11.9. The van der Waals surface area contributed by atoms with E-state index in [0.717, 1.165) is 78.3 Å². The fourth-order valence-electron chi connectivity index (χ4n) is 9.38. The molecule has 1 aliphatic carbocycles. The molecule has 0 bridgehead atoms. The molecule has 0 atom stereocenters. The van der Waals surface area contributed by atoms with Gasteiger partial charge in [0.25, 0.3) is 0 Å². The molecule has 0 unspecified atom stereocenters. The Morgan fingerprint density at radius 2 is 0.897 bits per heavy atom. The molecular formula is C54H33N3O. The number of benzene rings is 8. The first-order valence-electron chi connectivity index (χ1n) is 19.7. The second kappa shape index (κ2) is 12.7. The first-order chi connectivity index (χ1) is 28.7. The van der Waals surface area contributed by atoms with Gasteiger partial charge < -0.3 is 4.74 Å². The third kappa shape index (κ3) is 4.79. The van der Waals surface area contributed by atoms with Crippen molar-refractivity contribution in [3.63, 3.8) is 0 Å². The average molecular weight is 740 g/mol. The summed E-state index contributed by atoms with van der Waals surface area (Å²) in [7, 11) is 0. The highest BCUT2D eigenvalue weighted by Crippen LogP contribution is 2.62. The van der Waals surface area contributed by atoms with Crippen LogP contribution in [0, 0.1) is 0 Å². The van der Waals surface area contributed by atoms with Crippen molar-refractivity contribution in [3.8, 4) is 67.8 Å². The molecule has 2 aliphatic rings. The minimum Gasteiger partial charge on any atom is -0.457 e. The Bertz CT molecular complexity index is 3150. The summed E-state index contributed by atoms with van der Waals surface area (Å²) in [6, 6.07) is 70.6. The van der Waals surface area contributed by atoms with Crippen molar-refractivity contribution >= 4 is 21.7 Å². The summed E-state index contributed by atoms with van der Waals surface area (Å²) in [6.07, 6.45) is 0. The van der Waals surface area contributed by atoms with Gasteiger partial charge in [0, 0.05) is 44.2 Å². The van der Waals surface area contributed by atoms with Crippen LogP contribution in [0.4, 0.5) is 0 Å². The van der Waals surface area contributed by atoms with Crippen molar-refractivity contribution in [2.24, 2.45) is 0 Å². The highest BCUT2D eigenvalue weighted by Gasteiger charge is 2.51. The van der Waals surface area contributed by atoms with E-state index in [0.29, 0.717) is 5.82 Å². The van der Waals surface area contributed by atoms with Gasteiger partial charge in [0.05, 0.1) is 28.0 Å². The molecule has 4 heteroatoms. The van der Waals surface area contributed by atoms with E-state index in [4.69, 9.17) is 19.7 Å². The molecule has 1 aliphatic heterocycles. The molecule has 0 amide bonds. The van der Waals surface area contributed by atoms with Crippen molar-refractivity contribution in [2.45, 2.75) is 5.41 Å². The Morgan fingerprint density at radius 3 is 1.60 bits per heavy atom. The lowest BCUT2D eigenvalue weighted by Gasteiger charge is -2.39. The van der Waals surface area contributed by atoms with E-state index in [1.807, 2.05) is 36.4 Å². The van der Waals surface area contributed by atoms with Crippen LogP contribution >= 0.6 is 0 Å². The molecular weight excluding hydrogens is 707 g/mol. The summed E-state index contributed by atoms with van der Waals surface area (Å²) < 4.78 is 6.62. The van der Waals surface area contributed by atoms with Crippen molar-refractivity contribution in [3.05, 3.63) is 222 Å². The van der Waals surface area contributed by atoms with Crippen LogP contribution in [0.25, 0.3) is 78.0 Å². The molecule has 8 aromatic carbocycles. The number of hydrogen-bond donors (Lipinski definition) is 0. The van der Waals surface area contributed by atoms with Crippen LogP contribution in [0.2, 0.25) is 0 Å². The van der Waals surface area contributed by atoms with E-state index in [2.05, 4.69) is 164 Å². The summed E-state index contributed by atoms with van der Waals surface area (Å²) in [5.74, 6) is 2.46. The molecule has 3 heterocycles. The van der Waals surface area contributed by atoms with E-state index >= 15 is 0 Å². The van der Waals surface area contributed by atoms with E-state index in [1.165, 1.54) is 27.6 Å². The van der Waals surface area contributed by atoms with Crippen LogP contribution in [-0.4, -0.2) is 15.0 Å². The van der Waals surface area contributed by atoms with Crippen LogP contribution in [0.15, 0.2) is 200 Å². The number of ether oxygens (including phenoxy) is 1. The smallest absolute Gasteiger partial charge is 0.160 e. The molecule has 0 saturated heterocycles. The summed E-state index contributed by atoms with van der Waals surface area (Å²) in [5.41, 5.74) is 14.4. The molecule has 2 aromatic heterocycles. The number of pyridine rings is 1. The Kier molecular flexibility index (Phi) is 7.11. The topological polar surface area (TPSA) is 47.9 Å². The maximum atomic E-state index is 6.62. The van der Waals surface area contributed by atoms with Crippen molar-refractivity contribution in [1.82, 2.24) is 15.0 Å². The fraction of sp³-hybridized carbons (Fsp3) is 0.0185. The van der Waals surface area contributed by atoms with Gasteiger partial charge in [-0.15, -0.1) is 0 Å². The maximum absolute atomic E-state index is 6.62. The number of rotatable bonds is 4. The standard InChI is InChI=1S/C54H33N3O/c1-3-15-34(16-4-1)48-33-49(57-53(56-48)37-17-5-2-6-18-37)35-27-29-36(30-28-35)52-42-32-46-41(31-40(42)39-20-8-12-24-47(39)55-52)38-19-7-9-21-43(38)54(46)44-22-10-13-25-50(44)58-51-26-14-11-23-45(51)54/h1-33H. The van der Waals surface area contributed by atoms with Crippen molar-refractivity contribution < 1.29 is 4.74 Å². The second-order valence-electron chi connectivity index (χ2n) is 15.1. The third-order valence-electron chi connectivity index (χ3n) is 11.9. The SMILES string of the molecule is c1ccc(-c2cc(-c3ccc(-c4nc5ccccc5c5cc6c(cc45)C4(c5ccccc5Oc5ccccc54)c4ccccc4-6)cc3)nc(-c3ccccc3)n2)cc1. The van der Waals surface area contributed by atoms with Crippen LogP contribution in [-0.2, 0) is 5.41 Å².